The second-order valence-corrected chi connectivity index (χ2v) is 9.08. The normalized spacial score (nSPS) is 43.4. The van der Waals surface area contributed by atoms with Crippen LogP contribution in [0.2, 0.25) is 0 Å². The summed E-state index contributed by atoms with van der Waals surface area (Å²) in [5.74, 6) is 1.94. The Kier molecular flexibility index (Phi) is 3.75. The van der Waals surface area contributed by atoms with Crippen LogP contribution in [0.15, 0.2) is 11.3 Å². The van der Waals surface area contributed by atoms with E-state index in [0.717, 1.165) is 50.5 Å². The van der Waals surface area contributed by atoms with Crippen LogP contribution < -0.4 is 0 Å². The second kappa shape index (κ2) is 5.52. The van der Waals surface area contributed by atoms with Crippen molar-refractivity contribution in [3.8, 4) is 0 Å². The number of hydrogen-bond acceptors (Lipinski definition) is 4. The summed E-state index contributed by atoms with van der Waals surface area (Å²) in [5, 5.41) is 0. The second-order valence-electron chi connectivity index (χ2n) is 9.08. The lowest BCUT2D eigenvalue weighted by atomic mass is 9.47. The maximum absolute atomic E-state index is 12.5. The van der Waals surface area contributed by atoms with Crippen LogP contribution in [0.1, 0.15) is 72.1 Å². The van der Waals surface area contributed by atoms with Gasteiger partial charge >= 0.3 is 5.97 Å². The first kappa shape index (κ1) is 17.0. The predicted octanol–water partition coefficient (Wildman–Crippen LogP) is 3.98. The fraction of sp³-hybridized carbons (Fsp3) is 0.762. The fourth-order valence-corrected chi connectivity index (χ4v) is 6.70. The van der Waals surface area contributed by atoms with E-state index in [0.29, 0.717) is 35.7 Å². The zero-order valence-electron chi connectivity index (χ0n) is 15.5. The molecule has 0 aromatic carbocycles. The topological polar surface area (TPSA) is 60.4 Å². The molecule has 3 fully saturated rings. The summed E-state index contributed by atoms with van der Waals surface area (Å²) in [6, 6.07) is 0. The minimum atomic E-state index is -0.403. The van der Waals surface area contributed by atoms with Gasteiger partial charge in [-0.05, 0) is 67.3 Å². The van der Waals surface area contributed by atoms with E-state index in [9.17, 15) is 14.4 Å². The highest BCUT2D eigenvalue weighted by atomic mass is 16.5. The van der Waals surface area contributed by atoms with Crippen LogP contribution in [0.3, 0.4) is 0 Å². The molecule has 0 saturated heterocycles. The number of Topliss-reactive ketones (excluding diaryl/α,β-unsaturated/α-hetero) is 2. The van der Waals surface area contributed by atoms with Gasteiger partial charge in [0.2, 0.25) is 0 Å². The first-order chi connectivity index (χ1) is 11.8. The minimum Gasteiger partial charge on any atom is -0.423 e. The molecule has 0 bridgehead atoms. The molecule has 4 aliphatic rings. The van der Waals surface area contributed by atoms with Crippen LogP contribution in [0.25, 0.3) is 0 Å². The first-order valence-electron chi connectivity index (χ1n) is 9.76. The largest absolute Gasteiger partial charge is 0.423 e. The summed E-state index contributed by atoms with van der Waals surface area (Å²) in [6.45, 7) is 5.83. The molecule has 0 N–H and O–H groups in total. The van der Waals surface area contributed by atoms with Gasteiger partial charge in [-0.25, -0.2) is 0 Å². The highest BCUT2D eigenvalue weighted by molar-refractivity contribution is 5.97. The Balaban J connectivity index is 1.72. The zero-order chi connectivity index (χ0) is 18.0. The number of allylic oxidation sites excluding steroid dienone is 1. The van der Waals surface area contributed by atoms with E-state index >= 15 is 0 Å². The van der Waals surface area contributed by atoms with Crippen molar-refractivity contribution in [3.63, 3.8) is 0 Å². The molecule has 0 unspecified atom stereocenters. The molecule has 4 nitrogen and oxygen atoms in total. The van der Waals surface area contributed by atoms with Crippen molar-refractivity contribution in [2.75, 3.05) is 0 Å². The minimum absolute atomic E-state index is 0.0159. The van der Waals surface area contributed by atoms with Gasteiger partial charge in [0.25, 0.3) is 0 Å². The van der Waals surface area contributed by atoms with Gasteiger partial charge in [0.1, 0.15) is 5.78 Å². The molecule has 5 atom stereocenters. The van der Waals surface area contributed by atoms with Crippen molar-refractivity contribution in [2.45, 2.75) is 72.1 Å². The van der Waals surface area contributed by atoms with Crippen LogP contribution in [-0.4, -0.2) is 17.5 Å². The predicted molar refractivity (Wildman–Crippen MR) is 92.4 cm³/mol. The fourth-order valence-electron chi connectivity index (χ4n) is 6.70. The molecule has 0 spiro atoms. The molecule has 0 heterocycles. The van der Waals surface area contributed by atoms with E-state index in [1.54, 1.807) is 0 Å². The molecular weight excluding hydrogens is 316 g/mol. The number of ketones is 2. The van der Waals surface area contributed by atoms with Crippen molar-refractivity contribution >= 4 is 17.5 Å². The summed E-state index contributed by atoms with van der Waals surface area (Å²) in [4.78, 5) is 36.4. The number of ether oxygens (including phenoxy) is 1. The van der Waals surface area contributed by atoms with Gasteiger partial charge in [0.05, 0.1) is 0 Å². The molecule has 0 aromatic heterocycles. The molecule has 0 aromatic rings. The van der Waals surface area contributed by atoms with E-state index in [4.69, 9.17) is 4.74 Å². The molecule has 0 aliphatic heterocycles. The third-order valence-corrected chi connectivity index (χ3v) is 8.03. The highest BCUT2D eigenvalue weighted by Crippen LogP contribution is 2.64. The van der Waals surface area contributed by atoms with Gasteiger partial charge in [0.15, 0.2) is 11.5 Å². The number of carbonyl (C=O) groups is 3. The summed E-state index contributed by atoms with van der Waals surface area (Å²) in [5.41, 5.74) is 0.893. The third-order valence-electron chi connectivity index (χ3n) is 8.03. The Hall–Kier alpha value is -1.45. The van der Waals surface area contributed by atoms with E-state index in [1.807, 2.05) is 0 Å². The molecule has 3 saturated carbocycles. The standard InChI is InChI=1S/C21H28O4/c1-12(22)25-19-16-5-4-13-14-6-7-18(24)21(14,3)10-8-15(13)20(16,2)11-9-17(19)23/h13-15H,4-11H2,1-3H3/t13-,14-,15+,20+,21-/m0/s1. The van der Waals surface area contributed by atoms with Crippen molar-refractivity contribution in [2.24, 2.45) is 28.6 Å². The van der Waals surface area contributed by atoms with Crippen LogP contribution >= 0.6 is 0 Å². The van der Waals surface area contributed by atoms with Gasteiger partial charge in [-0.3, -0.25) is 14.4 Å². The molecule has 136 valence electrons. The summed E-state index contributed by atoms with van der Waals surface area (Å²) < 4.78 is 5.38. The summed E-state index contributed by atoms with van der Waals surface area (Å²) in [6.07, 6.45) is 6.94. The molecule has 0 radical (unpaired) electrons. The van der Waals surface area contributed by atoms with Gasteiger partial charge in [-0.1, -0.05) is 13.8 Å². The van der Waals surface area contributed by atoms with Crippen LogP contribution in [-0.2, 0) is 19.1 Å². The Morgan fingerprint density at radius 2 is 1.68 bits per heavy atom. The van der Waals surface area contributed by atoms with Crippen LogP contribution in [0, 0.1) is 28.6 Å². The number of fused-ring (bicyclic) bond motifs is 5. The maximum Gasteiger partial charge on any atom is 0.308 e. The van der Waals surface area contributed by atoms with E-state index < -0.39 is 5.97 Å². The molecule has 4 aliphatic carbocycles. The third kappa shape index (κ3) is 2.29. The number of hydrogen-bond donors (Lipinski definition) is 0. The number of esters is 1. The smallest absolute Gasteiger partial charge is 0.308 e. The number of carbonyl (C=O) groups excluding carboxylic acids is 3. The molecule has 25 heavy (non-hydrogen) atoms. The average molecular weight is 344 g/mol. The van der Waals surface area contributed by atoms with Crippen molar-refractivity contribution in [3.05, 3.63) is 11.3 Å². The van der Waals surface area contributed by atoms with Crippen molar-refractivity contribution in [1.29, 1.82) is 0 Å². The van der Waals surface area contributed by atoms with E-state index in [1.165, 1.54) is 6.92 Å². The average Bonchev–Trinajstić information content (AvgIpc) is 2.86. The molecule has 4 heteroatoms. The monoisotopic (exact) mass is 344 g/mol. The molecule has 4 rings (SSSR count). The van der Waals surface area contributed by atoms with E-state index in [-0.39, 0.29) is 16.6 Å². The van der Waals surface area contributed by atoms with Crippen LogP contribution in [0.4, 0.5) is 0 Å². The van der Waals surface area contributed by atoms with E-state index in [2.05, 4.69) is 13.8 Å². The first-order valence-corrected chi connectivity index (χ1v) is 9.76. The van der Waals surface area contributed by atoms with Gasteiger partial charge < -0.3 is 4.74 Å². The van der Waals surface area contributed by atoms with Gasteiger partial charge in [-0.15, -0.1) is 0 Å². The lowest BCUT2D eigenvalue weighted by Crippen LogP contribution is -2.51. The van der Waals surface area contributed by atoms with Gasteiger partial charge in [-0.2, -0.15) is 0 Å². The Morgan fingerprint density at radius 3 is 2.40 bits per heavy atom. The summed E-state index contributed by atoms with van der Waals surface area (Å²) in [7, 11) is 0. The quantitative estimate of drug-likeness (QED) is 0.675. The van der Waals surface area contributed by atoms with Crippen molar-refractivity contribution in [1.82, 2.24) is 0 Å². The maximum atomic E-state index is 12.5. The Bertz CT molecular complexity index is 690. The highest BCUT2D eigenvalue weighted by Gasteiger charge is 2.59. The van der Waals surface area contributed by atoms with Crippen molar-refractivity contribution < 1.29 is 19.1 Å². The molecule has 0 amide bonds. The lowest BCUT2D eigenvalue weighted by molar-refractivity contribution is -0.142. The summed E-state index contributed by atoms with van der Waals surface area (Å²) >= 11 is 0. The Morgan fingerprint density at radius 1 is 0.960 bits per heavy atom. The zero-order valence-corrected chi connectivity index (χ0v) is 15.5. The lowest BCUT2D eigenvalue weighted by Gasteiger charge is -2.57. The Labute approximate surface area is 149 Å². The number of rotatable bonds is 1. The molecular formula is C21H28O4. The van der Waals surface area contributed by atoms with Crippen LogP contribution in [0.5, 0.6) is 0 Å². The van der Waals surface area contributed by atoms with Gasteiger partial charge in [0, 0.05) is 25.2 Å². The SMILES string of the molecule is CC(=O)OC1=C2CC[C@@H]3[C@@H](CC[C@]4(C)C(=O)CC[C@@H]34)[C@@]2(C)CCC1=O.